The quantitative estimate of drug-likeness (QED) is 0.515. The lowest BCUT2D eigenvalue weighted by atomic mass is 10.1. The van der Waals surface area contributed by atoms with Crippen LogP contribution in [-0.4, -0.2) is 38.5 Å². The van der Waals surface area contributed by atoms with Gasteiger partial charge in [-0.3, -0.25) is 0 Å². The molecule has 162 valence electrons. The average Bonchev–Trinajstić information content (AvgIpc) is 2.81. The molecular formula is C22H26N6O2S. The smallest absolute Gasteiger partial charge is 0.240 e. The van der Waals surface area contributed by atoms with Crippen molar-refractivity contribution in [3.8, 4) is 0 Å². The molecule has 0 spiro atoms. The molecule has 9 heteroatoms. The summed E-state index contributed by atoms with van der Waals surface area (Å²) in [4.78, 5) is 11.1. The van der Waals surface area contributed by atoms with Gasteiger partial charge in [0.2, 0.25) is 10.0 Å². The Morgan fingerprint density at radius 3 is 2.19 bits per heavy atom. The van der Waals surface area contributed by atoms with Crippen LogP contribution < -0.4 is 20.3 Å². The maximum Gasteiger partial charge on any atom is 0.240 e. The van der Waals surface area contributed by atoms with Gasteiger partial charge in [-0.15, -0.1) is 0 Å². The third kappa shape index (κ3) is 5.31. The summed E-state index contributed by atoms with van der Waals surface area (Å²) in [5, 5.41) is 6.42. The molecule has 3 aromatic rings. The van der Waals surface area contributed by atoms with E-state index in [2.05, 4.69) is 42.4 Å². The molecule has 1 aliphatic heterocycles. The van der Waals surface area contributed by atoms with Crippen LogP contribution in [0.25, 0.3) is 0 Å². The molecule has 0 atom stereocenters. The van der Waals surface area contributed by atoms with Crippen LogP contribution in [0.4, 0.5) is 28.7 Å². The number of nitrogens with one attached hydrogen (secondary N) is 3. The van der Waals surface area contributed by atoms with Gasteiger partial charge in [0.05, 0.1) is 4.90 Å². The van der Waals surface area contributed by atoms with E-state index < -0.39 is 10.0 Å². The SMILES string of the molecule is CNS(=O)(=O)c1cccc(Nc2cc(Nc3ccc(N4CCCCC4)cc3)ncn2)c1. The van der Waals surface area contributed by atoms with Crippen LogP contribution in [0.5, 0.6) is 0 Å². The second kappa shape index (κ2) is 9.32. The van der Waals surface area contributed by atoms with E-state index >= 15 is 0 Å². The summed E-state index contributed by atoms with van der Waals surface area (Å²) in [6.45, 7) is 2.23. The minimum absolute atomic E-state index is 0.182. The van der Waals surface area contributed by atoms with Crippen LogP contribution in [0.3, 0.4) is 0 Å². The van der Waals surface area contributed by atoms with Crippen molar-refractivity contribution in [2.45, 2.75) is 24.2 Å². The van der Waals surface area contributed by atoms with Crippen molar-refractivity contribution in [3.05, 3.63) is 60.9 Å². The van der Waals surface area contributed by atoms with Crippen molar-refractivity contribution in [1.29, 1.82) is 0 Å². The minimum atomic E-state index is -3.51. The second-order valence-electron chi connectivity index (χ2n) is 7.37. The van der Waals surface area contributed by atoms with Crippen LogP contribution in [0.15, 0.2) is 65.8 Å². The Hall–Kier alpha value is -3.17. The van der Waals surface area contributed by atoms with E-state index in [0.717, 1.165) is 18.8 Å². The van der Waals surface area contributed by atoms with Crippen molar-refractivity contribution in [2.75, 3.05) is 35.7 Å². The Bertz CT molecular complexity index is 1130. The fourth-order valence-corrected chi connectivity index (χ4v) is 4.33. The first-order chi connectivity index (χ1) is 15.0. The molecule has 0 bridgehead atoms. The Labute approximate surface area is 182 Å². The summed E-state index contributed by atoms with van der Waals surface area (Å²) < 4.78 is 26.3. The first-order valence-corrected chi connectivity index (χ1v) is 11.8. The van der Waals surface area contributed by atoms with E-state index in [1.54, 1.807) is 24.3 Å². The molecule has 1 aromatic heterocycles. The molecule has 4 rings (SSSR count). The molecular weight excluding hydrogens is 412 g/mol. The molecule has 0 radical (unpaired) electrons. The Morgan fingerprint density at radius 2 is 1.52 bits per heavy atom. The molecule has 1 saturated heterocycles. The van der Waals surface area contributed by atoms with Crippen molar-refractivity contribution in [2.24, 2.45) is 0 Å². The van der Waals surface area contributed by atoms with Crippen LogP contribution in [-0.2, 0) is 10.0 Å². The summed E-state index contributed by atoms with van der Waals surface area (Å²) in [6, 6.07) is 16.7. The number of rotatable bonds is 7. The summed E-state index contributed by atoms with van der Waals surface area (Å²) in [5.74, 6) is 1.20. The molecule has 0 saturated carbocycles. The number of hydrogen-bond donors (Lipinski definition) is 3. The molecule has 31 heavy (non-hydrogen) atoms. The standard InChI is InChI=1S/C22H26N6O2S/c1-23-31(29,30)20-7-5-6-18(14-20)27-22-15-21(24-16-25-22)26-17-8-10-19(11-9-17)28-12-3-2-4-13-28/h5-11,14-16,23H,2-4,12-13H2,1H3,(H2,24,25,26,27). The zero-order chi connectivity index (χ0) is 21.7. The highest BCUT2D eigenvalue weighted by atomic mass is 32.2. The monoisotopic (exact) mass is 438 g/mol. The number of aromatic nitrogens is 2. The van der Waals surface area contributed by atoms with Gasteiger partial charge in [-0.25, -0.2) is 23.1 Å². The van der Waals surface area contributed by atoms with E-state index in [1.807, 2.05) is 12.1 Å². The summed E-state index contributed by atoms with van der Waals surface area (Å²) in [6.07, 6.45) is 5.28. The molecule has 8 nitrogen and oxygen atoms in total. The zero-order valence-corrected chi connectivity index (χ0v) is 18.2. The van der Waals surface area contributed by atoms with E-state index in [-0.39, 0.29) is 4.90 Å². The van der Waals surface area contributed by atoms with Gasteiger partial charge in [0.15, 0.2) is 0 Å². The van der Waals surface area contributed by atoms with Gasteiger partial charge in [-0.05, 0) is 68.8 Å². The van der Waals surface area contributed by atoms with E-state index in [4.69, 9.17) is 0 Å². The summed E-state index contributed by atoms with van der Waals surface area (Å²) in [5.41, 5.74) is 2.80. The van der Waals surface area contributed by atoms with Gasteiger partial charge >= 0.3 is 0 Å². The molecule has 0 unspecified atom stereocenters. The minimum Gasteiger partial charge on any atom is -0.372 e. The lowest BCUT2D eigenvalue weighted by Gasteiger charge is -2.28. The predicted octanol–water partition coefficient (Wildman–Crippen LogP) is 3.86. The van der Waals surface area contributed by atoms with Gasteiger partial charge in [0, 0.05) is 36.2 Å². The molecule has 3 N–H and O–H groups in total. The van der Waals surface area contributed by atoms with Crippen LogP contribution in [0.1, 0.15) is 19.3 Å². The predicted molar refractivity (Wildman–Crippen MR) is 124 cm³/mol. The summed E-state index contributed by atoms with van der Waals surface area (Å²) in [7, 11) is -2.13. The largest absolute Gasteiger partial charge is 0.372 e. The maximum absolute atomic E-state index is 12.0. The molecule has 1 fully saturated rings. The lowest BCUT2D eigenvalue weighted by molar-refractivity contribution is 0.578. The Kier molecular flexibility index (Phi) is 6.34. The Balaban J connectivity index is 1.45. The van der Waals surface area contributed by atoms with E-state index in [0.29, 0.717) is 17.3 Å². The number of anilines is 5. The molecule has 0 amide bonds. The second-order valence-corrected chi connectivity index (χ2v) is 9.25. The molecule has 0 aliphatic carbocycles. The molecule has 2 aromatic carbocycles. The number of nitrogens with zero attached hydrogens (tertiary/aromatic N) is 3. The Morgan fingerprint density at radius 1 is 0.839 bits per heavy atom. The highest BCUT2D eigenvalue weighted by molar-refractivity contribution is 7.89. The third-order valence-electron chi connectivity index (χ3n) is 5.21. The van der Waals surface area contributed by atoms with Crippen LogP contribution in [0.2, 0.25) is 0 Å². The third-order valence-corrected chi connectivity index (χ3v) is 6.63. The maximum atomic E-state index is 12.0. The number of piperidine rings is 1. The van der Waals surface area contributed by atoms with Gasteiger partial charge in [0.1, 0.15) is 18.0 Å². The first kappa shape index (κ1) is 21.1. The van der Waals surface area contributed by atoms with Gasteiger partial charge in [0.25, 0.3) is 0 Å². The number of hydrogen-bond acceptors (Lipinski definition) is 7. The van der Waals surface area contributed by atoms with Gasteiger partial charge in [-0.1, -0.05) is 6.07 Å². The van der Waals surface area contributed by atoms with Gasteiger partial charge < -0.3 is 15.5 Å². The van der Waals surface area contributed by atoms with Gasteiger partial charge in [-0.2, -0.15) is 0 Å². The topological polar surface area (TPSA) is 99.2 Å². The fourth-order valence-electron chi connectivity index (χ4n) is 3.56. The van der Waals surface area contributed by atoms with E-state index in [9.17, 15) is 8.42 Å². The molecule has 1 aliphatic rings. The number of sulfonamides is 1. The highest BCUT2D eigenvalue weighted by Crippen LogP contribution is 2.24. The van der Waals surface area contributed by atoms with E-state index in [1.165, 1.54) is 44.4 Å². The average molecular weight is 439 g/mol. The van der Waals surface area contributed by atoms with Crippen molar-refractivity contribution in [3.63, 3.8) is 0 Å². The molecule has 2 heterocycles. The van der Waals surface area contributed by atoms with Crippen molar-refractivity contribution in [1.82, 2.24) is 14.7 Å². The summed E-state index contributed by atoms with van der Waals surface area (Å²) >= 11 is 0. The van der Waals surface area contributed by atoms with Crippen LogP contribution >= 0.6 is 0 Å². The lowest BCUT2D eigenvalue weighted by Crippen LogP contribution is -2.29. The normalized spacial score (nSPS) is 14.3. The number of benzene rings is 2. The fraction of sp³-hybridized carbons (Fsp3) is 0.273. The zero-order valence-electron chi connectivity index (χ0n) is 17.4. The van der Waals surface area contributed by atoms with Crippen molar-refractivity contribution >= 4 is 38.7 Å². The van der Waals surface area contributed by atoms with Crippen LogP contribution in [0, 0.1) is 0 Å². The highest BCUT2D eigenvalue weighted by Gasteiger charge is 2.12. The van der Waals surface area contributed by atoms with Crippen molar-refractivity contribution < 1.29 is 8.42 Å². The first-order valence-electron chi connectivity index (χ1n) is 10.3.